The van der Waals surface area contributed by atoms with Gasteiger partial charge in [0, 0.05) is 5.02 Å². The Morgan fingerprint density at radius 2 is 1.79 bits per heavy atom. The Hall–Kier alpha value is -3.09. The van der Waals surface area contributed by atoms with Crippen molar-refractivity contribution < 1.29 is 18.7 Å². The SMILES string of the molecule is COc1cc(C=NNc2ccc(F)cc2)ccc1OC(=O)c1ccc(Cl)cc1Cl. The number of carbonyl (C=O) groups is 1. The third-order valence-corrected chi connectivity index (χ3v) is 4.34. The Labute approximate surface area is 176 Å². The number of hydrazone groups is 1. The van der Waals surface area contributed by atoms with E-state index < -0.39 is 5.97 Å². The third kappa shape index (κ3) is 5.47. The number of nitrogens with zero attached hydrogens (tertiary/aromatic N) is 1. The van der Waals surface area contributed by atoms with Gasteiger partial charge in [-0.1, -0.05) is 23.2 Å². The van der Waals surface area contributed by atoms with Gasteiger partial charge < -0.3 is 9.47 Å². The van der Waals surface area contributed by atoms with Crippen LogP contribution in [0.1, 0.15) is 15.9 Å². The fourth-order valence-corrected chi connectivity index (χ4v) is 2.85. The normalized spacial score (nSPS) is 10.8. The van der Waals surface area contributed by atoms with Crippen molar-refractivity contribution in [2.45, 2.75) is 0 Å². The van der Waals surface area contributed by atoms with E-state index in [-0.39, 0.29) is 22.2 Å². The highest BCUT2D eigenvalue weighted by molar-refractivity contribution is 6.36. The van der Waals surface area contributed by atoms with Crippen LogP contribution in [0.25, 0.3) is 0 Å². The molecule has 0 unspecified atom stereocenters. The number of esters is 1. The van der Waals surface area contributed by atoms with E-state index in [1.54, 1.807) is 42.6 Å². The smallest absolute Gasteiger partial charge is 0.345 e. The van der Waals surface area contributed by atoms with Gasteiger partial charge in [0.2, 0.25) is 0 Å². The first kappa shape index (κ1) is 20.6. The average Bonchev–Trinajstić information content (AvgIpc) is 2.70. The lowest BCUT2D eigenvalue weighted by Gasteiger charge is -2.10. The molecule has 0 aliphatic rings. The molecule has 0 saturated carbocycles. The summed E-state index contributed by atoms with van der Waals surface area (Å²) < 4.78 is 23.6. The first-order chi connectivity index (χ1) is 14.0. The lowest BCUT2D eigenvalue weighted by Crippen LogP contribution is -2.10. The van der Waals surface area contributed by atoms with E-state index >= 15 is 0 Å². The molecule has 148 valence electrons. The molecule has 3 rings (SSSR count). The molecule has 0 radical (unpaired) electrons. The molecule has 8 heteroatoms. The van der Waals surface area contributed by atoms with Crippen LogP contribution >= 0.6 is 23.2 Å². The first-order valence-electron chi connectivity index (χ1n) is 8.36. The number of hydrogen-bond donors (Lipinski definition) is 1. The minimum absolute atomic E-state index is 0.187. The molecule has 0 atom stereocenters. The number of halogens is 3. The number of hydrogen-bond acceptors (Lipinski definition) is 5. The summed E-state index contributed by atoms with van der Waals surface area (Å²) in [7, 11) is 1.46. The summed E-state index contributed by atoms with van der Waals surface area (Å²) in [4.78, 5) is 12.4. The second-order valence-corrected chi connectivity index (χ2v) is 6.64. The lowest BCUT2D eigenvalue weighted by molar-refractivity contribution is 0.0730. The molecule has 0 aliphatic carbocycles. The van der Waals surface area contributed by atoms with Gasteiger partial charge >= 0.3 is 5.97 Å². The summed E-state index contributed by atoms with van der Waals surface area (Å²) in [5, 5.41) is 4.69. The average molecular weight is 433 g/mol. The minimum atomic E-state index is -0.635. The second-order valence-electron chi connectivity index (χ2n) is 5.80. The summed E-state index contributed by atoms with van der Waals surface area (Å²) in [6.45, 7) is 0. The van der Waals surface area contributed by atoms with Gasteiger partial charge in [-0.25, -0.2) is 9.18 Å². The van der Waals surface area contributed by atoms with Crippen molar-refractivity contribution in [1.29, 1.82) is 0 Å². The maximum Gasteiger partial charge on any atom is 0.345 e. The van der Waals surface area contributed by atoms with Crippen LogP contribution in [-0.2, 0) is 0 Å². The van der Waals surface area contributed by atoms with E-state index in [2.05, 4.69) is 10.5 Å². The molecule has 0 heterocycles. The maximum absolute atomic E-state index is 12.9. The zero-order valence-electron chi connectivity index (χ0n) is 15.2. The van der Waals surface area contributed by atoms with E-state index in [1.165, 1.54) is 31.4 Å². The molecule has 0 spiro atoms. The quantitative estimate of drug-likeness (QED) is 0.231. The monoisotopic (exact) mass is 432 g/mol. The van der Waals surface area contributed by atoms with Crippen LogP contribution in [0.4, 0.5) is 10.1 Å². The topological polar surface area (TPSA) is 59.9 Å². The Morgan fingerprint density at radius 3 is 2.48 bits per heavy atom. The van der Waals surface area contributed by atoms with Crippen LogP contribution in [-0.4, -0.2) is 19.3 Å². The Morgan fingerprint density at radius 1 is 1.03 bits per heavy atom. The van der Waals surface area contributed by atoms with Crippen molar-refractivity contribution in [2.75, 3.05) is 12.5 Å². The molecule has 3 aromatic carbocycles. The number of carbonyl (C=O) groups excluding carboxylic acids is 1. The summed E-state index contributed by atoms with van der Waals surface area (Å²) in [6, 6.07) is 15.2. The van der Waals surface area contributed by atoms with Crippen LogP contribution < -0.4 is 14.9 Å². The van der Waals surface area contributed by atoms with Crippen LogP contribution in [0, 0.1) is 5.82 Å². The molecule has 0 saturated heterocycles. The van der Waals surface area contributed by atoms with Crippen LogP contribution in [0.3, 0.4) is 0 Å². The van der Waals surface area contributed by atoms with Gasteiger partial charge in [-0.3, -0.25) is 5.43 Å². The van der Waals surface area contributed by atoms with Gasteiger partial charge in [-0.2, -0.15) is 5.10 Å². The molecule has 0 amide bonds. The minimum Gasteiger partial charge on any atom is -0.493 e. The van der Waals surface area contributed by atoms with E-state index in [4.69, 9.17) is 32.7 Å². The van der Waals surface area contributed by atoms with Crippen molar-refractivity contribution in [1.82, 2.24) is 0 Å². The van der Waals surface area contributed by atoms with Crippen molar-refractivity contribution >= 4 is 41.1 Å². The van der Waals surface area contributed by atoms with Gasteiger partial charge in [0.1, 0.15) is 5.82 Å². The van der Waals surface area contributed by atoms with Crippen LogP contribution in [0.2, 0.25) is 10.0 Å². The Kier molecular flexibility index (Phi) is 6.69. The highest BCUT2D eigenvalue weighted by Crippen LogP contribution is 2.30. The molecule has 0 aromatic heterocycles. The van der Waals surface area contributed by atoms with Crippen molar-refractivity contribution in [2.24, 2.45) is 5.10 Å². The fourth-order valence-electron chi connectivity index (χ4n) is 2.36. The molecule has 5 nitrogen and oxygen atoms in total. The number of nitrogens with one attached hydrogen (secondary N) is 1. The van der Waals surface area contributed by atoms with E-state index in [1.807, 2.05) is 0 Å². The largest absolute Gasteiger partial charge is 0.493 e. The van der Waals surface area contributed by atoms with E-state index in [9.17, 15) is 9.18 Å². The highest BCUT2D eigenvalue weighted by atomic mass is 35.5. The van der Waals surface area contributed by atoms with E-state index in [0.717, 1.165) is 0 Å². The summed E-state index contributed by atoms with van der Waals surface area (Å²) in [5.41, 5.74) is 4.31. The Balaban J connectivity index is 1.71. The number of rotatable bonds is 6. The zero-order chi connectivity index (χ0) is 20.8. The first-order valence-corrected chi connectivity index (χ1v) is 9.12. The van der Waals surface area contributed by atoms with Gasteiger partial charge in [-0.15, -0.1) is 0 Å². The second kappa shape index (κ2) is 9.41. The van der Waals surface area contributed by atoms with Crippen molar-refractivity contribution in [3.8, 4) is 11.5 Å². The van der Waals surface area contributed by atoms with E-state index in [0.29, 0.717) is 22.0 Å². The molecule has 1 N–H and O–H groups in total. The van der Waals surface area contributed by atoms with Gasteiger partial charge in [0.05, 0.1) is 29.6 Å². The van der Waals surface area contributed by atoms with Gasteiger partial charge in [0.15, 0.2) is 11.5 Å². The molecular weight excluding hydrogens is 418 g/mol. The number of anilines is 1. The fraction of sp³-hybridized carbons (Fsp3) is 0.0476. The number of ether oxygens (including phenoxy) is 2. The highest BCUT2D eigenvalue weighted by Gasteiger charge is 2.16. The molecule has 0 fully saturated rings. The van der Waals surface area contributed by atoms with Crippen LogP contribution in [0.5, 0.6) is 11.5 Å². The lowest BCUT2D eigenvalue weighted by atomic mass is 10.2. The molecular formula is C21H15Cl2FN2O3. The summed E-state index contributed by atoms with van der Waals surface area (Å²) >= 11 is 11.9. The van der Waals surface area contributed by atoms with Crippen LogP contribution in [0.15, 0.2) is 65.8 Å². The number of benzene rings is 3. The summed E-state index contributed by atoms with van der Waals surface area (Å²) in [5.74, 6) is -0.389. The standard InChI is InChI=1S/C21H15Cl2FN2O3/c1-28-20-10-13(12-25-26-16-6-4-15(24)5-7-16)2-9-19(20)29-21(27)17-8-3-14(22)11-18(17)23/h2-12,26H,1H3. The third-order valence-electron chi connectivity index (χ3n) is 3.79. The molecule has 0 bridgehead atoms. The number of methoxy groups -OCH3 is 1. The molecule has 0 aliphatic heterocycles. The maximum atomic E-state index is 12.9. The van der Waals surface area contributed by atoms with Crippen molar-refractivity contribution in [3.05, 3.63) is 87.7 Å². The Bertz CT molecular complexity index is 1060. The summed E-state index contributed by atoms with van der Waals surface area (Å²) in [6.07, 6.45) is 1.55. The predicted molar refractivity (Wildman–Crippen MR) is 112 cm³/mol. The predicted octanol–water partition coefficient (Wildman–Crippen LogP) is 5.81. The van der Waals surface area contributed by atoms with Gasteiger partial charge in [0.25, 0.3) is 0 Å². The molecule has 29 heavy (non-hydrogen) atoms. The zero-order valence-corrected chi connectivity index (χ0v) is 16.7. The van der Waals surface area contributed by atoms with Gasteiger partial charge in [-0.05, 0) is 66.2 Å². The van der Waals surface area contributed by atoms with Crippen molar-refractivity contribution in [3.63, 3.8) is 0 Å². The molecule has 3 aromatic rings.